The molecule has 3 aromatic rings. The molecule has 0 aliphatic rings. The molecule has 0 aliphatic carbocycles. The summed E-state index contributed by atoms with van der Waals surface area (Å²) in [6, 6.07) is 19.7. The molecule has 0 bridgehead atoms. The summed E-state index contributed by atoms with van der Waals surface area (Å²) < 4.78 is 11.1. The fraction of sp³-hybridized carbons (Fsp3) is 0.0526. The van der Waals surface area contributed by atoms with Gasteiger partial charge < -0.3 is 9.47 Å². The number of halogens is 2. The zero-order valence-corrected chi connectivity index (χ0v) is 14.5. The van der Waals surface area contributed by atoms with Crippen molar-refractivity contribution in [3.8, 4) is 11.5 Å². The molecule has 2 aromatic carbocycles. The van der Waals surface area contributed by atoms with E-state index in [4.69, 9.17) is 32.7 Å². The zero-order chi connectivity index (χ0) is 17.6. The molecular weight excluding hydrogens is 361 g/mol. The number of carbonyl (C=O) groups excluding carboxylic acids is 1. The first-order valence-corrected chi connectivity index (χ1v) is 8.19. The Hall–Kier alpha value is -2.56. The van der Waals surface area contributed by atoms with Gasteiger partial charge in [0, 0.05) is 5.56 Å². The normalized spacial score (nSPS) is 10.3. The Morgan fingerprint density at radius 1 is 0.920 bits per heavy atom. The smallest absolute Gasteiger partial charge is 0.358 e. The number of rotatable bonds is 5. The quantitative estimate of drug-likeness (QED) is 0.435. The van der Waals surface area contributed by atoms with E-state index in [-0.39, 0.29) is 22.5 Å². The Morgan fingerprint density at radius 2 is 1.64 bits per heavy atom. The van der Waals surface area contributed by atoms with Crippen molar-refractivity contribution in [2.75, 3.05) is 0 Å². The molecule has 4 nitrogen and oxygen atoms in total. The second-order valence-electron chi connectivity index (χ2n) is 5.06. The molecule has 1 aromatic heterocycles. The van der Waals surface area contributed by atoms with Gasteiger partial charge in [0.2, 0.25) is 0 Å². The summed E-state index contributed by atoms with van der Waals surface area (Å²) in [4.78, 5) is 16.1. The van der Waals surface area contributed by atoms with Crippen molar-refractivity contribution < 1.29 is 14.3 Å². The van der Waals surface area contributed by atoms with Crippen LogP contribution in [-0.2, 0) is 11.3 Å². The number of pyridine rings is 1. The first-order chi connectivity index (χ1) is 12.1. The number of para-hydroxylation sites is 2. The fourth-order valence-corrected chi connectivity index (χ4v) is 2.44. The minimum absolute atomic E-state index is 0.0179. The molecule has 0 saturated heterocycles. The van der Waals surface area contributed by atoms with Crippen molar-refractivity contribution >= 4 is 29.2 Å². The Kier molecular flexibility index (Phi) is 5.53. The third-order valence-electron chi connectivity index (χ3n) is 3.31. The SMILES string of the molecule is O=C(OCc1ccccc1Oc1ccccc1)c1nc(Cl)ccc1Cl. The van der Waals surface area contributed by atoms with Crippen LogP contribution < -0.4 is 4.74 Å². The van der Waals surface area contributed by atoms with Crippen LogP contribution >= 0.6 is 23.2 Å². The highest BCUT2D eigenvalue weighted by Gasteiger charge is 2.16. The van der Waals surface area contributed by atoms with Gasteiger partial charge in [-0.05, 0) is 30.3 Å². The average Bonchev–Trinajstić information content (AvgIpc) is 2.63. The van der Waals surface area contributed by atoms with Crippen molar-refractivity contribution in [3.05, 3.63) is 88.2 Å². The van der Waals surface area contributed by atoms with Crippen LogP contribution in [0.4, 0.5) is 0 Å². The van der Waals surface area contributed by atoms with Crippen molar-refractivity contribution in [1.82, 2.24) is 4.98 Å². The number of ether oxygens (including phenoxy) is 2. The summed E-state index contributed by atoms with van der Waals surface area (Å²) in [5.74, 6) is 0.648. The Morgan fingerprint density at radius 3 is 2.44 bits per heavy atom. The van der Waals surface area contributed by atoms with Gasteiger partial charge in [0.25, 0.3) is 0 Å². The van der Waals surface area contributed by atoms with Gasteiger partial charge in [-0.1, -0.05) is 59.6 Å². The minimum atomic E-state index is -0.651. The predicted molar refractivity (Wildman–Crippen MR) is 96.3 cm³/mol. The molecule has 3 rings (SSSR count). The number of hydrogen-bond acceptors (Lipinski definition) is 4. The van der Waals surface area contributed by atoms with E-state index in [1.54, 1.807) is 6.07 Å². The van der Waals surface area contributed by atoms with Gasteiger partial charge >= 0.3 is 5.97 Å². The lowest BCUT2D eigenvalue weighted by Crippen LogP contribution is -2.09. The predicted octanol–water partition coefficient (Wildman–Crippen LogP) is 5.54. The van der Waals surface area contributed by atoms with E-state index >= 15 is 0 Å². The number of hydrogen-bond donors (Lipinski definition) is 0. The molecule has 0 saturated carbocycles. The second kappa shape index (κ2) is 8.01. The third kappa shape index (κ3) is 4.50. The van der Waals surface area contributed by atoms with E-state index in [2.05, 4.69) is 4.98 Å². The largest absolute Gasteiger partial charge is 0.457 e. The summed E-state index contributed by atoms with van der Waals surface area (Å²) >= 11 is 11.8. The average molecular weight is 374 g/mol. The molecule has 25 heavy (non-hydrogen) atoms. The zero-order valence-electron chi connectivity index (χ0n) is 13.0. The Balaban J connectivity index is 1.73. The van der Waals surface area contributed by atoms with Crippen molar-refractivity contribution in [2.45, 2.75) is 6.61 Å². The van der Waals surface area contributed by atoms with Crippen LogP contribution in [0.3, 0.4) is 0 Å². The summed E-state index contributed by atoms with van der Waals surface area (Å²) in [6.07, 6.45) is 0. The highest BCUT2D eigenvalue weighted by Crippen LogP contribution is 2.26. The molecule has 0 spiro atoms. The number of nitrogens with zero attached hydrogens (tertiary/aromatic N) is 1. The summed E-state index contributed by atoms with van der Waals surface area (Å²) in [5, 5.41) is 0.354. The van der Waals surface area contributed by atoms with E-state index < -0.39 is 5.97 Å². The van der Waals surface area contributed by atoms with Gasteiger partial charge in [-0.15, -0.1) is 0 Å². The number of aromatic nitrogens is 1. The molecule has 0 radical (unpaired) electrons. The molecular formula is C19H13Cl2NO3. The van der Waals surface area contributed by atoms with E-state index in [1.807, 2.05) is 48.5 Å². The monoisotopic (exact) mass is 373 g/mol. The van der Waals surface area contributed by atoms with Crippen LogP contribution in [0.2, 0.25) is 10.2 Å². The van der Waals surface area contributed by atoms with E-state index in [9.17, 15) is 4.79 Å². The fourth-order valence-electron chi connectivity index (χ4n) is 2.11. The lowest BCUT2D eigenvalue weighted by molar-refractivity contribution is 0.0464. The van der Waals surface area contributed by atoms with Gasteiger partial charge in [-0.25, -0.2) is 9.78 Å². The van der Waals surface area contributed by atoms with Crippen LogP contribution in [0.5, 0.6) is 11.5 Å². The number of benzene rings is 2. The van der Waals surface area contributed by atoms with Gasteiger partial charge in [-0.2, -0.15) is 0 Å². The van der Waals surface area contributed by atoms with Crippen molar-refractivity contribution in [1.29, 1.82) is 0 Å². The van der Waals surface area contributed by atoms with Gasteiger partial charge in [0.1, 0.15) is 23.3 Å². The van der Waals surface area contributed by atoms with Gasteiger partial charge in [-0.3, -0.25) is 0 Å². The molecule has 6 heteroatoms. The van der Waals surface area contributed by atoms with Crippen molar-refractivity contribution in [3.63, 3.8) is 0 Å². The lowest BCUT2D eigenvalue weighted by Gasteiger charge is -2.11. The van der Waals surface area contributed by atoms with Crippen LogP contribution in [0, 0.1) is 0 Å². The highest BCUT2D eigenvalue weighted by molar-refractivity contribution is 6.34. The lowest BCUT2D eigenvalue weighted by atomic mass is 10.2. The molecule has 0 N–H and O–H groups in total. The molecule has 1 heterocycles. The van der Waals surface area contributed by atoms with Crippen LogP contribution in [0.15, 0.2) is 66.7 Å². The maximum atomic E-state index is 12.2. The summed E-state index contributed by atoms with van der Waals surface area (Å²) in [5.41, 5.74) is 0.702. The second-order valence-corrected chi connectivity index (χ2v) is 5.86. The molecule has 0 fully saturated rings. The van der Waals surface area contributed by atoms with E-state index in [0.29, 0.717) is 11.5 Å². The molecule has 0 amide bonds. The topological polar surface area (TPSA) is 48.4 Å². The Labute approximate surface area is 154 Å². The van der Waals surface area contributed by atoms with Crippen molar-refractivity contribution in [2.24, 2.45) is 0 Å². The molecule has 0 aliphatic heterocycles. The number of esters is 1. The maximum absolute atomic E-state index is 12.2. The standard InChI is InChI=1S/C19H13Cl2NO3/c20-15-10-11-17(21)22-18(15)19(23)24-12-13-6-4-5-9-16(13)25-14-7-2-1-3-8-14/h1-11H,12H2. The molecule has 0 unspecified atom stereocenters. The molecule has 126 valence electrons. The Bertz CT molecular complexity index is 885. The van der Waals surface area contributed by atoms with Gasteiger partial charge in [0.05, 0.1) is 5.02 Å². The minimum Gasteiger partial charge on any atom is -0.457 e. The van der Waals surface area contributed by atoms with Crippen LogP contribution in [-0.4, -0.2) is 11.0 Å². The number of carbonyl (C=O) groups is 1. The molecule has 0 atom stereocenters. The van der Waals surface area contributed by atoms with Crippen LogP contribution in [0.1, 0.15) is 16.1 Å². The van der Waals surface area contributed by atoms with E-state index in [0.717, 1.165) is 5.56 Å². The summed E-state index contributed by atoms with van der Waals surface area (Å²) in [6.45, 7) is 0.0202. The van der Waals surface area contributed by atoms with Crippen LogP contribution in [0.25, 0.3) is 0 Å². The third-order valence-corrected chi connectivity index (χ3v) is 3.82. The first-order valence-electron chi connectivity index (χ1n) is 7.43. The highest BCUT2D eigenvalue weighted by atomic mass is 35.5. The maximum Gasteiger partial charge on any atom is 0.358 e. The summed E-state index contributed by atoms with van der Waals surface area (Å²) in [7, 11) is 0. The van der Waals surface area contributed by atoms with Gasteiger partial charge in [0.15, 0.2) is 5.69 Å². The first kappa shape index (κ1) is 17.3. The van der Waals surface area contributed by atoms with E-state index in [1.165, 1.54) is 12.1 Å².